The molecule has 5 nitrogen and oxygen atoms in total. The Balaban J connectivity index is 1.66. The average Bonchev–Trinajstić information content (AvgIpc) is 2.88. The second-order valence-electron chi connectivity index (χ2n) is 7.05. The highest BCUT2D eigenvalue weighted by molar-refractivity contribution is 5.86. The molecule has 118 valence electrons. The van der Waals surface area contributed by atoms with E-state index in [1.165, 1.54) is 30.6 Å². The molecule has 0 spiro atoms. The van der Waals surface area contributed by atoms with E-state index in [0.29, 0.717) is 5.92 Å². The van der Waals surface area contributed by atoms with Gasteiger partial charge in [0.05, 0.1) is 6.10 Å². The van der Waals surface area contributed by atoms with Gasteiger partial charge in [0.2, 0.25) is 5.91 Å². The van der Waals surface area contributed by atoms with Gasteiger partial charge in [-0.15, -0.1) is 0 Å². The fourth-order valence-corrected chi connectivity index (χ4v) is 4.62. The zero-order valence-electron chi connectivity index (χ0n) is 12.4. The molecule has 3 rings (SSSR count). The summed E-state index contributed by atoms with van der Waals surface area (Å²) in [5.74, 6) is 0.366. The number of amides is 1. The van der Waals surface area contributed by atoms with Crippen LogP contribution in [0.4, 0.5) is 0 Å². The van der Waals surface area contributed by atoms with Crippen molar-refractivity contribution in [2.24, 2.45) is 17.8 Å². The Hall–Kier alpha value is -1.10. The van der Waals surface area contributed by atoms with Gasteiger partial charge in [-0.05, 0) is 31.1 Å². The van der Waals surface area contributed by atoms with E-state index in [2.05, 4.69) is 0 Å². The summed E-state index contributed by atoms with van der Waals surface area (Å²) in [7, 11) is 0. The third-order valence-corrected chi connectivity index (χ3v) is 5.74. The number of carbonyl (C=O) groups is 2. The van der Waals surface area contributed by atoms with E-state index in [-0.39, 0.29) is 24.8 Å². The lowest BCUT2D eigenvalue weighted by atomic mass is 9.67. The Labute approximate surface area is 125 Å². The van der Waals surface area contributed by atoms with Gasteiger partial charge >= 0.3 is 5.97 Å². The van der Waals surface area contributed by atoms with Crippen molar-refractivity contribution >= 4 is 11.9 Å². The van der Waals surface area contributed by atoms with Gasteiger partial charge in [0.25, 0.3) is 0 Å². The molecule has 2 N–H and O–H groups in total. The SMILES string of the molecule is O=C(O)[C@@H]1C[C@H](O)CN1C(=O)C1CCC2CCCCC2C1. The van der Waals surface area contributed by atoms with Crippen LogP contribution < -0.4 is 0 Å². The monoisotopic (exact) mass is 295 g/mol. The molecule has 2 aliphatic carbocycles. The number of aliphatic carboxylic acids is 1. The molecule has 5 atom stereocenters. The van der Waals surface area contributed by atoms with Gasteiger partial charge in [-0.25, -0.2) is 4.79 Å². The minimum atomic E-state index is -0.994. The number of carbonyl (C=O) groups excluding carboxylic acids is 1. The number of aliphatic hydroxyl groups is 1. The first-order chi connectivity index (χ1) is 10.1. The minimum absolute atomic E-state index is 0.0310. The van der Waals surface area contributed by atoms with E-state index < -0.39 is 18.1 Å². The molecule has 0 bridgehead atoms. The van der Waals surface area contributed by atoms with Crippen LogP contribution in [0.5, 0.6) is 0 Å². The number of hydrogen-bond acceptors (Lipinski definition) is 3. The van der Waals surface area contributed by atoms with Gasteiger partial charge in [-0.3, -0.25) is 4.79 Å². The Morgan fingerprint density at radius 3 is 2.38 bits per heavy atom. The van der Waals surface area contributed by atoms with E-state index in [1.54, 1.807) is 0 Å². The summed E-state index contributed by atoms with van der Waals surface area (Å²) >= 11 is 0. The van der Waals surface area contributed by atoms with E-state index >= 15 is 0 Å². The zero-order valence-corrected chi connectivity index (χ0v) is 12.4. The summed E-state index contributed by atoms with van der Waals surface area (Å²) in [4.78, 5) is 25.4. The summed E-state index contributed by atoms with van der Waals surface area (Å²) in [6.07, 6.45) is 7.49. The van der Waals surface area contributed by atoms with Crippen LogP contribution in [0.15, 0.2) is 0 Å². The van der Waals surface area contributed by atoms with Crippen LogP contribution in [0.3, 0.4) is 0 Å². The molecular formula is C16H25NO4. The molecule has 3 aliphatic rings. The first kappa shape index (κ1) is 14.8. The van der Waals surface area contributed by atoms with E-state index in [1.807, 2.05) is 0 Å². The van der Waals surface area contributed by atoms with Crippen molar-refractivity contribution in [2.45, 2.75) is 63.5 Å². The zero-order chi connectivity index (χ0) is 15.0. The molecule has 2 saturated carbocycles. The van der Waals surface area contributed by atoms with Crippen LogP contribution in [-0.4, -0.2) is 45.7 Å². The molecular weight excluding hydrogens is 270 g/mol. The average molecular weight is 295 g/mol. The van der Waals surface area contributed by atoms with Crippen molar-refractivity contribution in [3.8, 4) is 0 Å². The standard InChI is InChI=1S/C16H25NO4/c18-13-8-14(16(20)21)17(9-13)15(19)12-6-5-10-3-1-2-4-11(10)7-12/h10-14,18H,1-9H2,(H,20,21)/t10?,11?,12?,13-,14-/m0/s1. The predicted molar refractivity (Wildman–Crippen MR) is 76.5 cm³/mol. The summed E-state index contributed by atoms with van der Waals surface area (Å²) in [5, 5.41) is 18.9. The second kappa shape index (κ2) is 5.95. The van der Waals surface area contributed by atoms with Crippen LogP contribution in [0.1, 0.15) is 51.4 Å². The molecule has 0 radical (unpaired) electrons. The Bertz CT molecular complexity index is 425. The lowest BCUT2D eigenvalue weighted by Crippen LogP contribution is -2.45. The number of hydrogen-bond donors (Lipinski definition) is 2. The molecule has 0 aromatic heterocycles. The van der Waals surface area contributed by atoms with Crippen molar-refractivity contribution in [3.63, 3.8) is 0 Å². The largest absolute Gasteiger partial charge is 0.480 e. The van der Waals surface area contributed by atoms with Crippen molar-refractivity contribution < 1.29 is 19.8 Å². The van der Waals surface area contributed by atoms with Gasteiger partial charge < -0.3 is 15.1 Å². The van der Waals surface area contributed by atoms with Crippen LogP contribution >= 0.6 is 0 Å². The molecule has 5 heteroatoms. The first-order valence-electron chi connectivity index (χ1n) is 8.27. The van der Waals surface area contributed by atoms with E-state index in [4.69, 9.17) is 0 Å². The fraction of sp³-hybridized carbons (Fsp3) is 0.875. The number of carboxylic acid groups (broad SMARTS) is 1. The molecule has 1 saturated heterocycles. The highest BCUT2D eigenvalue weighted by atomic mass is 16.4. The van der Waals surface area contributed by atoms with Gasteiger partial charge in [-0.2, -0.15) is 0 Å². The normalized spacial score (nSPS) is 39.9. The molecule has 21 heavy (non-hydrogen) atoms. The number of carboxylic acids is 1. The topological polar surface area (TPSA) is 77.8 Å². The summed E-state index contributed by atoms with van der Waals surface area (Å²) < 4.78 is 0. The second-order valence-corrected chi connectivity index (χ2v) is 7.05. The van der Waals surface area contributed by atoms with Gasteiger partial charge in [0, 0.05) is 18.9 Å². The van der Waals surface area contributed by atoms with Crippen molar-refractivity contribution in [3.05, 3.63) is 0 Å². The minimum Gasteiger partial charge on any atom is -0.480 e. The highest BCUT2D eigenvalue weighted by Gasteiger charge is 2.43. The van der Waals surface area contributed by atoms with Crippen molar-refractivity contribution in [2.75, 3.05) is 6.54 Å². The summed E-state index contributed by atoms with van der Waals surface area (Å²) in [6, 6.07) is -0.837. The smallest absolute Gasteiger partial charge is 0.326 e. The number of rotatable bonds is 2. The number of fused-ring (bicyclic) bond motifs is 1. The van der Waals surface area contributed by atoms with Crippen molar-refractivity contribution in [1.29, 1.82) is 0 Å². The molecule has 0 aromatic rings. The lowest BCUT2D eigenvalue weighted by Gasteiger charge is -2.40. The number of likely N-dealkylation sites (tertiary alicyclic amines) is 1. The third-order valence-electron chi connectivity index (χ3n) is 5.74. The quantitative estimate of drug-likeness (QED) is 0.812. The Morgan fingerprint density at radius 1 is 0.952 bits per heavy atom. The maximum atomic E-state index is 12.7. The van der Waals surface area contributed by atoms with E-state index in [9.17, 15) is 19.8 Å². The summed E-state index contributed by atoms with van der Waals surface area (Å²) in [5.41, 5.74) is 0. The predicted octanol–water partition coefficient (Wildman–Crippen LogP) is 1.64. The van der Waals surface area contributed by atoms with Crippen LogP contribution in [0, 0.1) is 17.8 Å². The number of nitrogens with zero attached hydrogens (tertiary/aromatic N) is 1. The highest BCUT2D eigenvalue weighted by Crippen LogP contribution is 2.43. The number of aliphatic hydroxyl groups excluding tert-OH is 1. The molecule has 1 amide bonds. The third kappa shape index (κ3) is 2.93. The van der Waals surface area contributed by atoms with E-state index in [0.717, 1.165) is 25.2 Å². The molecule has 3 fully saturated rings. The van der Waals surface area contributed by atoms with Crippen molar-refractivity contribution in [1.82, 2.24) is 4.90 Å². The molecule has 3 unspecified atom stereocenters. The number of β-amino-alcohol motifs (C(OH)–C–C–N with tert-alkyl or cyclic N) is 1. The Morgan fingerprint density at radius 2 is 1.67 bits per heavy atom. The molecule has 1 heterocycles. The maximum absolute atomic E-state index is 12.7. The first-order valence-corrected chi connectivity index (χ1v) is 8.27. The molecule has 0 aromatic carbocycles. The molecule has 1 aliphatic heterocycles. The lowest BCUT2D eigenvalue weighted by molar-refractivity contribution is -0.151. The van der Waals surface area contributed by atoms with Gasteiger partial charge in [0.15, 0.2) is 0 Å². The van der Waals surface area contributed by atoms with Gasteiger partial charge in [0.1, 0.15) is 6.04 Å². The summed E-state index contributed by atoms with van der Waals surface area (Å²) in [6.45, 7) is 0.181. The Kier molecular flexibility index (Phi) is 4.20. The fourth-order valence-electron chi connectivity index (χ4n) is 4.62. The van der Waals surface area contributed by atoms with Crippen LogP contribution in [0.2, 0.25) is 0 Å². The van der Waals surface area contributed by atoms with Crippen LogP contribution in [0.25, 0.3) is 0 Å². The maximum Gasteiger partial charge on any atom is 0.326 e. The van der Waals surface area contributed by atoms with Gasteiger partial charge in [-0.1, -0.05) is 25.7 Å². The van der Waals surface area contributed by atoms with Crippen LogP contribution in [-0.2, 0) is 9.59 Å².